The maximum Gasteiger partial charge on any atom is 0.135 e. The molecule has 2 atom stereocenters. The molecule has 1 aromatic carbocycles. The van der Waals surface area contributed by atoms with Crippen molar-refractivity contribution < 1.29 is 4.74 Å². The summed E-state index contributed by atoms with van der Waals surface area (Å²) in [5.41, 5.74) is 1.12. The minimum Gasteiger partial charge on any atom is -0.495 e. The zero-order chi connectivity index (χ0) is 14.7. The lowest BCUT2D eigenvalue weighted by Gasteiger charge is -2.33. The SMILES string of the molecule is COc1cc(NC2CCCC(C(C)C)C2)c(Br)cc1Br. The Labute approximate surface area is 138 Å². The molecule has 0 aliphatic heterocycles. The monoisotopic (exact) mass is 403 g/mol. The Balaban J connectivity index is 2.09. The van der Waals surface area contributed by atoms with Crippen LogP contribution in [0.4, 0.5) is 5.69 Å². The van der Waals surface area contributed by atoms with Crippen molar-refractivity contribution in [1.29, 1.82) is 0 Å². The van der Waals surface area contributed by atoms with Gasteiger partial charge in [-0.1, -0.05) is 26.7 Å². The van der Waals surface area contributed by atoms with Crippen LogP contribution in [-0.4, -0.2) is 13.2 Å². The summed E-state index contributed by atoms with van der Waals surface area (Å²) in [4.78, 5) is 0. The summed E-state index contributed by atoms with van der Waals surface area (Å²) in [5, 5.41) is 3.69. The molecule has 1 N–H and O–H groups in total. The van der Waals surface area contributed by atoms with Gasteiger partial charge in [0, 0.05) is 16.6 Å². The van der Waals surface area contributed by atoms with E-state index >= 15 is 0 Å². The Morgan fingerprint density at radius 2 is 1.95 bits per heavy atom. The Kier molecular flexibility index (Phi) is 5.79. The summed E-state index contributed by atoms with van der Waals surface area (Å²) in [5.74, 6) is 2.49. The fourth-order valence-electron chi connectivity index (χ4n) is 2.98. The van der Waals surface area contributed by atoms with Crippen molar-refractivity contribution in [2.45, 2.75) is 45.6 Å². The van der Waals surface area contributed by atoms with Crippen molar-refractivity contribution in [2.24, 2.45) is 11.8 Å². The predicted octanol–water partition coefficient (Wildman–Crippen LogP) is 5.85. The first-order valence-corrected chi connectivity index (χ1v) is 8.89. The number of rotatable bonds is 4. The van der Waals surface area contributed by atoms with E-state index in [0.717, 1.165) is 32.2 Å². The molecule has 1 aliphatic rings. The van der Waals surface area contributed by atoms with Gasteiger partial charge in [-0.05, 0) is 62.6 Å². The lowest BCUT2D eigenvalue weighted by molar-refractivity contribution is 0.264. The molecule has 2 nitrogen and oxygen atoms in total. The van der Waals surface area contributed by atoms with Crippen LogP contribution in [0.1, 0.15) is 39.5 Å². The lowest BCUT2D eigenvalue weighted by Crippen LogP contribution is -2.29. The molecule has 0 aromatic heterocycles. The van der Waals surface area contributed by atoms with Gasteiger partial charge in [-0.25, -0.2) is 0 Å². The highest BCUT2D eigenvalue weighted by atomic mass is 79.9. The maximum absolute atomic E-state index is 5.38. The molecule has 0 saturated heterocycles. The van der Waals surface area contributed by atoms with Gasteiger partial charge in [-0.2, -0.15) is 0 Å². The van der Waals surface area contributed by atoms with Crippen molar-refractivity contribution in [2.75, 3.05) is 12.4 Å². The van der Waals surface area contributed by atoms with E-state index in [1.165, 1.54) is 25.7 Å². The minimum absolute atomic E-state index is 0.568. The first-order chi connectivity index (χ1) is 9.51. The van der Waals surface area contributed by atoms with Gasteiger partial charge in [0.25, 0.3) is 0 Å². The molecule has 1 aliphatic carbocycles. The molecule has 0 heterocycles. The normalized spacial score (nSPS) is 22.9. The number of nitrogens with one attached hydrogen (secondary N) is 1. The molecule has 0 radical (unpaired) electrons. The Bertz CT molecular complexity index is 462. The number of methoxy groups -OCH3 is 1. The van der Waals surface area contributed by atoms with E-state index in [1.54, 1.807) is 7.11 Å². The summed E-state index contributed by atoms with van der Waals surface area (Å²) in [7, 11) is 1.70. The number of hydrogen-bond acceptors (Lipinski definition) is 2. The maximum atomic E-state index is 5.38. The standard InChI is InChI=1S/C16H23Br2NO/c1-10(2)11-5-4-6-12(7-11)19-15-9-16(20-3)14(18)8-13(15)17/h8-12,19H,4-7H2,1-3H3. The highest BCUT2D eigenvalue weighted by Gasteiger charge is 2.24. The zero-order valence-corrected chi connectivity index (χ0v) is 15.6. The van der Waals surface area contributed by atoms with Crippen LogP contribution in [0.15, 0.2) is 21.1 Å². The van der Waals surface area contributed by atoms with Crippen LogP contribution in [0.25, 0.3) is 0 Å². The van der Waals surface area contributed by atoms with Crippen LogP contribution >= 0.6 is 31.9 Å². The molecule has 112 valence electrons. The van der Waals surface area contributed by atoms with Gasteiger partial charge in [0.15, 0.2) is 0 Å². The van der Waals surface area contributed by atoms with Crippen LogP contribution in [0, 0.1) is 11.8 Å². The molecule has 1 aromatic rings. The van der Waals surface area contributed by atoms with Crippen molar-refractivity contribution in [3.8, 4) is 5.75 Å². The summed E-state index contributed by atoms with van der Waals surface area (Å²) >= 11 is 7.15. The van der Waals surface area contributed by atoms with Crippen molar-refractivity contribution >= 4 is 37.5 Å². The first-order valence-electron chi connectivity index (χ1n) is 7.30. The number of anilines is 1. The molecule has 2 rings (SSSR count). The fourth-order valence-corrected chi connectivity index (χ4v) is 4.25. The third-order valence-electron chi connectivity index (χ3n) is 4.26. The molecule has 20 heavy (non-hydrogen) atoms. The van der Waals surface area contributed by atoms with Gasteiger partial charge in [-0.15, -0.1) is 0 Å². The highest BCUT2D eigenvalue weighted by Crippen LogP contribution is 2.37. The average molecular weight is 405 g/mol. The average Bonchev–Trinajstić information content (AvgIpc) is 2.42. The van der Waals surface area contributed by atoms with E-state index in [9.17, 15) is 0 Å². The molecule has 1 fully saturated rings. The minimum atomic E-state index is 0.568. The van der Waals surface area contributed by atoms with Gasteiger partial charge >= 0.3 is 0 Å². The number of hydrogen-bond donors (Lipinski definition) is 1. The second-order valence-corrected chi connectivity index (χ2v) is 7.69. The zero-order valence-electron chi connectivity index (χ0n) is 12.4. The summed E-state index contributed by atoms with van der Waals surface area (Å²) in [6.45, 7) is 4.68. The number of ether oxygens (including phenoxy) is 1. The second-order valence-electron chi connectivity index (χ2n) is 5.98. The Hall–Kier alpha value is -0.220. The largest absolute Gasteiger partial charge is 0.495 e. The van der Waals surface area contributed by atoms with Crippen molar-refractivity contribution in [1.82, 2.24) is 0 Å². The van der Waals surface area contributed by atoms with Crippen molar-refractivity contribution in [3.05, 3.63) is 21.1 Å². The van der Waals surface area contributed by atoms with Crippen LogP contribution < -0.4 is 10.1 Å². The van der Waals surface area contributed by atoms with E-state index in [0.29, 0.717) is 6.04 Å². The molecular weight excluding hydrogens is 382 g/mol. The Morgan fingerprint density at radius 3 is 2.60 bits per heavy atom. The van der Waals surface area contributed by atoms with E-state index in [4.69, 9.17) is 4.74 Å². The van der Waals surface area contributed by atoms with Gasteiger partial charge < -0.3 is 10.1 Å². The summed E-state index contributed by atoms with van der Waals surface area (Å²) in [6, 6.07) is 4.68. The number of halogens is 2. The fraction of sp³-hybridized carbons (Fsp3) is 0.625. The number of benzene rings is 1. The molecule has 0 amide bonds. The molecular formula is C16H23Br2NO. The van der Waals surface area contributed by atoms with Crippen LogP contribution in [0.2, 0.25) is 0 Å². The lowest BCUT2D eigenvalue weighted by atomic mass is 9.79. The van der Waals surface area contributed by atoms with Gasteiger partial charge in [0.05, 0.1) is 17.3 Å². The van der Waals surface area contributed by atoms with Gasteiger partial charge in [0.1, 0.15) is 5.75 Å². The highest BCUT2D eigenvalue weighted by molar-refractivity contribution is 9.11. The van der Waals surface area contributed by atoms with Gasteiger partial charge in [-0.3, -0.25) is 0 Å². The predicted molar refractivity (Wildman–Crippen MR) is 92.6 cm³/mol. The van der Waals surface area contributed by atoms with E-state index in [-0.39, 0.29) is 0 Å². The molecule has 2 unspecified atom stereocenters. The van der Waals surface area contributed by atoms with Crippen LogP contribution in [0.3, 0.4) is 0 Å². The van der Waals surface area contributed by atoms with Crippen molar-refractivity contribution in [3.63, 3.8) is 0 Å². The topological polar surface area (TPSA) is 21.3 Å². The van der Waals surface area contributed by atoms with Crippen LogP contribution in [0.5, 0.6) is 5.75 Å². The molecule has 4 heteroatoms. The van der Waals surface area contributed by atoms with E-state index < -0.39 is 0 Å². The summed E-state index contributed by atoms with van der Waals surface area (Å²) < 4.78 is 7.44. The molecule has 0 spiro atoms. The van der Waals surface area contributed by atoms with Gasteiger partial charge in [0.2, 0.25) is 0 Å². The molecule has 1 saturated carbocycles. The second kappa shape index (κ2) is 7.17. The quantitative estimate of drug-likeness (QED) is 0.679. The first kappa shape index (κ1) is 16.2. The third kappa shape index (κ3) is 3.91. The Morgan fingerprint density at radius 1 is 1.20 bits per heavy atom. The van der Waals surface area contributed by atoms with Crippen LogP contribution in [-0.2, 0) is 0 Å². The molecule has 0 bridgehead atoms. The van der Waals surface area contributed by atoms with E-state index in [1.807, 2.05) is 6.07 Å². The summed E-state index contributed by atoms with van der Waals surface area (Å²) in [6.07, 6.45) is 5.23. The smallest absolute Gasteiger partial charge is 0.135 e. The third-order valence-corrected chi connectivity index (χ3v) is 5.53. The van der Waals surface area contributed by atoms with E-state index in [2.05, 4.69) is 57.1 Å².